The third-order valence-corrected chi connectivity index (χ3v) is 4.17. The zero-order valence-corrected chi connectivity index (χ0v) is 16.2. The smallest absolute Gasteiger partial charge is 0.339 e. The lowest BCUT2D eigenvalue weighted by Gasteiger charge is -2.12. The van der Waals surface area contributed by atoms with Crippen molar-refractivity contribution in [2.45, 2.75) is 6.92 Å². The van der Waals surface area contributed by atoms with Crippen molar-refractivity contribution in [3.63, 3.8) is 0 Å². The second-order valence-electron chi connectivity index (χ2n) is 5.68. The summed E-state index contributed by atoms with van der Waals surface area (Å²) in [5, 5.41) is 6.90. The van der Waals surface area contributed by atoms with Crippen LogP contribution in [-0.4, -0.2) is 11.7 Å². The monoisotopic (exact) mass is 423 g/mol. The van der Waals surface area contributed by atoms with E-state index < -0.39 is 6.03 Å². The van der Waals surface area contributed by atoms with Gasteiger partial charge in [-0.3, -0.25) is 0 Å². The third-order valence-electron chi connectivity index (χ3n) is 3.67. The largest absolute Gasteiger partial charge is 0.455 e. The van der Waals surface area contributed by atoms with Crippen LogP contribution in [0.4, 0.5) is 10.5 Å². The molecule has 5 nitrogen and oxygen atoms in total. The van der Waals surface area contributed by atoms with E-state index in [-0.39, 0.29) is 0 Å². The highest BCUT2D eigenvalue weighted by Crippen LogP contribution is 2.28. The number of hydrogen-bond donors (Lipinski definition) is 2. The van der Waals surface area contributed by atoms with E-state index in [9.17, 15) is 4.79 Å². The molecule has 0 radical (unpaired) electrons. The van der Waals surface area contributed by atoms with Crippen LogP contribution in [0.15, 0.2) is 88.4 Å². The summed E-state index contributed by atoms with van der Waals surface area (Å²) in [5.41, 5.74) is 4.67. The predicted octanol–water partition coefficient (Wildman–Crippen LogP) is 5.79. The van der Waals surface area contributed by atoms with E-state index in [0.29, 0.717) is 22.9 Å². The number of rotatable bonds is 5. The minimum absolute atomic E-state index is 0.451. The summed E-state index contributed by atoms with van der Waals surface area (Å²) in [7, 11) is 0. The number of para-hydroxylation sites is 3. The number of urea groups is 1. The Kier molecular flexibility index (Phi) is 6.22. The van der Waals surface area contributed by atoms with Crippen LogP contribution in [0, 0.1) is 0 Å². The first-order chi connectivity index (χ1) is 13.1. The van der Waals surface area contributed by atoms with E-state index in [4.69, 9.17) is 4.74 Å². The summed E-state index contributed by atoms with van der Waals surface area (Å²) in [6.45, 7) is 1.83. The zero-order chi connectivity index (χ0) is 19.1. The van der Waals surface area contributed by atoms with E-state index in [2.05, 4.69) is 31.8 Å². The van der Waals surface area contributed by atoms with Crippen LogP contribution in [0.5, 0.6) is 11.5 Å². The molecule has 2 N–H and O–H groups in total. The van der Waals surface area contributed by atoms with Crippen LogP contribution in [0.3, 0.4) is 0 Å². The van der Waals surface area contributed by atoms with Crippen molar-refractivity contribution in [2.75, 3.05) is 5.32 Å². The lowest BCUT2D eigenvalue weighted by Crippen LogP contribution is -2.25. The lowest BCUT2D eigenvalue weighted by molar-refractivity contribution is 0.252. The van der Waals surface area contributed by atoms with Crippen molar-refractivity contribution in [3.05, 3.63) is 88.9 Å². The van der Waals surface area contributed by atoms with Crippen molar-refractivity contribution in [1.82, 2.24) is 5.43 Å². The van der Waals surface area contributed by atoms with Gasteiger partial charge in [-0.2, -0.15) is 5.10 Å². The number of amides is 2. The second kappa shape index (κ2) is 9.00. The Morgan fingerprint density at radius 3 is 2.48 bits per heavy atom. The number of hydrazone groups is 1. The van der Waals surface area contributed by atoms with E-state index in [0.717, 1.165) is 10.0 Å². The fraction of sp³-hybridized carbons (Fsp3) is 0.0476. The van der Waals surface area contributed by atoms with Gasteiger partial charge in [-0.05, 0) is 48.9 Å². The molecule has 0 heterocycles. The highest BCUT2D eigenvalue weighted by molar-refractivity contribution is 9.10. The minimum atomic E-state index is -0.451. The van der Waals surface area contributed by atoms with Gasteiger partial charge in [0, 0.05) is 4.47 Å². The van der Waals surface area contributed by atoms with Gasteiger partial charge < -0.3 is 10.1 Å². The van der Waals surface area contributed by atoms with Crippen LogP contribution in [0.2, 0.25) is 0 Å². The molecule has 0 aromatic heterocycles. The Morgan fingerprint density at radius 2 is 1.70 bits per heavy atom. The first kappa shape index (κ1) is 18.7. The quantitative estimate of drug-likeness (QED) is 0.403. The molecule has 6 heteroatoms. The lowest BCUT2D eigenvalue weighted by atomic mass is 10.1. The summed E-state index contributed by atoms with van der Waals surface area (Å²) in [6, 6.07) is 23.9. The Balaban J connectivity index is 1.67. The van der Waals surface area contributed by atoms with Gasteiger partial charge in [0.1, 0.15) is 5.75 Å². The standard InChI is InChI=1S/C21H18BrN3O2/c1-15(16-8-7-9-17(22)14-16)24-25-21(26)23-19-12-5-6-13-20(19)27-18-10-3-2-4-11-18/h2-14H,1H3,(H2,23,25,26)/b24-15+. The number of carbonyl (C=O) groups is 1. The molecular weight excluding hydrogens is 406 g/mol. The number of ether oxygens (including phenoxy) is 1. The molecule has 136 valence electrons. The SMILES string of the molecule is C/C(=N\NC(=O)Nc1ccccc1Oc1ccccc1)c1cccc(Br)c1. The van der Waals surface area contributed by atoms with Gasteiger partial charge in [0.2, 0.25) is 0 Å². The van der Waals surface area contributed by atoms with Crippen molar-refractivity contribution in [2.24, 2.45) is 5.10 Å². The number of anilines is 1. The van der Waals surface area contributed by atoms with Crippen molar-refractivity contribution < 1.29 is 9.53 Å². The van der Waals surface area contributed by atoms with Crippen molar-refractivity contribution in [1.29, 1.82) is 0 Å². The van der Waals surface area contributed by atoms with E-state index in [1.54, 1.807) is 12.1 Å². The molecule has 0 aliphatic heterocycles. The van der Waals surface area contributed by atoms with Crippen molar-refractivity contribution >= 4 is 33.4 Å². The normalized spacial score (nSPS) is 11.0. The first-order valence-corrected chi connectivity index (χ1v) is 9.10. The van der Waals surface area contributed by atoms with Gasteiger partial charge in [0.05, 0.1) is 11.4 Å². The summed E-state index contributed by atoms with van der Waals surface area (Å²) in [5.74, 6) is 1.24. The van der Waals surface area contributed by atoms with Gasteiger partial charge in [-0.15, -0.1) is 0 Å². The maximum absolute atomic E-state index is 12.2. The number of benzene rings is 3. The number of hydrogen-bond acceptors (Lipinski definition) is 3. The Labute approximate surface area is 166 Å². The Morgan fingerprint density at radius 1 is 0.963 bits per heavy atom. The molecule has 0 saturated carbocycles. The molecule has 0 saturated heterocycles. The van der Waals surface area contributed by atoms with Crippen LogP contribution < -0.4 is 15.5 Å². The molecular formula is C21H18BrN3O2. The number of carbonyl (C=O) groups excluding carboxylic acids is 1. The molecule has 3 aromatic carbocycles. The Bertz CT molecular complexity index is 958. The van der Waals surface area contributed by atoms with E-state index in [1.165, 1.54) is 0 Å². The minimum Gasteiger partial charge on any atom is -0.455 e. The summed E-state index contributed by atoms with van der Waals surface area (Å²) in [4.78, 5) is 12.2. The summed E-state index contributed by atoms with van der Waals surface area (Å²) < 4.78 is 6.78. The average molecular weight is 424 g/mol. The first-order valence-electron chi connectivity index (χ1n) is 8.31. The second-order valence-corrected chi connectivity index (χ2v) is 6.60. The van der Waals surface area contributed by atoms with Crippen LogP contribution in [0.25, 0.3) is 0 Å². The fourth-order valence-electron chi connectivity index (χ4n) is 2.34. The molecule has 27 heavy (non-hydrogen) atoms. The highest BCUT2D eigenvalue weighted by Gasteiger charge is 2.08. The van der Waals surface area contributed by atoms with Crippen LogP contribution in [-0.2, 0) is 0 Å². The molecule has 0 fully saturated rings. The molecule has 2 amide bonds. The third kappa shape index (κ3) is 5.43. The molecule has 0 atom stereocenters. The van der Waals surface area contributed by atoms with E-state index >= 15 is 0 Å². The molecule has 0 bridgehead atoms. The molecule has 0 spiro atoms. The van der Waals surface area contributed by atoms with Crippen LogP contribution >= 0.6 is 15.9 Å². The van der Waals surface area contributed by atoms with Gasteiger partial charge in [0.15, 0.2) is 5.75 Å². The fourth-order valence-corrected chi connectivity index (χ4v) is 2.74. The molecule has 3 rings (SSSR count). The van der Waals surface area contributed by atoms with Gasteiger partial charge in [-0.1, -0.05) is 58.4 Å². The van der Waals surface area contributed by atoms with Crippen molar-refractivity contribution in [3.8, 4) is 11.5 Å². The zero-order valence-electron chi connectivity index (χ0n) is 14.6. The van der Waals surface area contributed by atoms with Gasteiger partial charge >= 0.3 is 6.03 Å². The topological polar surface area (TPSA) is 62.7 Å². The maximum Gasteiger partial charge on any atom is 0.339 e. The number of nitrogens with zero attached hydrogens (tertiary/aromatic N) is 1. The number of nitrogens with one attached hydrogen (secondary N) is 2. The summed E-state index contributed by atoms with van der Waals surface area (Å²) >= 11 is 3.42. The average Bonchev–Trinajstić information content (AvgIpc) is 2.68. The molecule has 0 unspecified atom stereocenters. The van der Waals surface area contributed by atoms with Gasteiger partial charge in [0.25, 0.3) is 0 Å². The maximum atomic E-state index is 12.2. The highest BCUT2D eigenvalue weighted by atomic mass is 79.9. The van der Waals surface area contributed by atoms with Gasteiger partial charge in [-0.25, -0.2) is 10.2 Å². The van der Waals surface area contributed by atoms with E-state index in [1.807, 2.05) is 73.7 Å². The Hall–Kier alpha value is -3.12. The molecule has 3 aromatic rings. The predicted molar refractivity (Wildman–Crippen MR) is 111 cm³/mol. The molecule has 0 aliphatic carbocycles. The summed E-state index contributed by atoms with van der Waals surface area (Å²) in [6.07, 6.45) is 0. The van der Waals surface area contributed by atoms with Crippen LogP contribution in [0.1, 0.15) is 12.5 Å². The number of halogens is 1. The molecule has 0 aliphatic rings.